The molecule has 0 aliphatic heterocycles. The topological polar surface area (TPSA) is 111 Å². The van der Waals surface area contributed by atoms with Gasteiger partial charge in [0.15, 0.2) is 0 Å². The number of nitrogen functional groups attached to an aromatic ring is 1. The highest BCUT2D eigenvalue weighted by atomic mass is 79.9. The van der Waals surface area contributed by atoms with E-state index < -0.39 is 10.0 Å². The van der Waals surface area contributed by atoms with Crippen molar-refractivity contribution in [1.29, 1.82) is 0 Å². The molecule has 9 heteroatoms. The first-order valence-corrected chi connectivity index (χ1v) is 8.45. The minimum Gasteiger partial charge on any atom is -0.399 e. The van der Waals surface area contributed by atoms with Gasteiger partial charge in [-0.25, -0.2) is 13.1 Å². The molecule has 4 N–H and O–H groups in total. The maximum absolute atomic E-state index is 12.1. The summed E-state index contributed by atoms with van der Waals surface area (Å²) in [6, 6.07) is 4.50. The molecule has 0 heterocycles. The van der Waals surface area contributed by atoms with Gasteiger partial charge in [-0.3, -0.25) is 4.79 Å². The van der Waals surface area contributed by atoms with E-state index in [0.717, 1.165) is 0 Å². The normalized spacial score (nSPS) is 11.3. The van der Waals surface area contributed by atoms with Crippen molar-refractivity contribution in [2.24, 2.45) is 0 Å². The Balaban J connectivity index is 2.54. The molecule has 1 amide bonds. The zero-order valence-electron chi connectivity index (χ0n) is 11.6. The molecule has 0 radical (unpaired) electrons. The first kappa shape index (κ1) is 17.9. The number of rotatable bonds is 8. The van der Waals surface area contributed by atoms with Crippen molar-refractivity contribution < 1.29 is 17.9 Å². The molecular formula is C12H18BrN3O4S. The molecule has 0 unspecified atom stereocenters. The Morgan fingerprint density at radius 2 is 2.10 bits per heavy atom. The summed E-state index contributed by atoms with van der Waals surface area (Å²) in [6.45, 7) is 0.805. The molecule has 0 bridgehead atoms. The Morgan fingerprint density at radius 1 is 1.38 bits per heavy atom. The summed E-state index contributed by atoms with van der Waals surface area (Å²) in [5, 5.41) is 2.60. The van der Waals surface area contributed by atoms with Crippen LogP contribution in [0.5, 0.6) is 0 Å². The second kappa shape index (κ2) is 8.32. The van der Waals surface area contributed by atoms with Crippen LogP contribution in [0, 0.1) is 0 Å². The van der Waals surface area contributed by atoms with E-state index in [1.54, 1.807) is 12.1 Å². The van der Waals surface area contributed by atoms with E-state index in [4.69, 9.17) is 10.5 Å². The quantitative estimate of drug-likeness (QED) is 0.448. The number of carbonyl (C=O) groups excluding carboxylic acids is 1. The molecule has 1 aromatic rings. The molecule has 0 spiro atoms. The van der Waals surface area contributed by atoms with Crippen LogP contribution in [0.15, 0.2) is 27.6 Å². The molecule has 21 heavy (non-hydrogen) atoms. The number of carbonyl (C=O) groups is 1. The van der Waals surface area contributed by atoms with Gasteiger partial charge in [-0.05, 0) is 34.1 Å². The van der Waals surface area contributed by atoms with E-state index in [-0.39, 0.29) is 23.8 Å². The van der Waals surface area contributed by atoms with Gasteiger partial charge < -0.3 is 15.8 Å². The fourth-order valence-corrected chi connectivity index (χ4v) is 3.51. The number of ether oxygens (including phenoxy) is 1. The number of halogens is 1. The summed E-state index contributed by atoms with van der Waals surface area (Å²) in [5.74, 6) is -0.249. The molecule has 7 nitrogen and oxygen atoms in total. The Bertz CT molecular complexity index is 592. The van der Waals surface area contributed by atoms with Crippen molar-refractivity contribution in [3.8, 4) is 0 Å². The number of benzene rings is 1. The second-order valence-corrected chi connectivity index (χ2v) is 6.77. The number of amides is 1. The molecule has 0 saturated heterocycles. The predicted octanol–water partition coefficient (Wildman–Crippen LogP) is 0.462. The molecule has 0 aliphatic rings. The fraction of sp³-hybridized carbons (Fsp3) is 0.417. The smallest absolute Gasteiger partial charge is 0.241 e. The Morgan fingerprint density at radius 3 is 2.76 bits per heavy atom. The van der Waals surface area contributed by atoms with E-state index in [1.165, 1.54) is 13.2 Å². The third-order valence-electron chi connectivity index (χ3n) is 2.52. The van der Waals surface area contributed by atoms with Crippen molar-refractivity contribution in [1.82, 2.24) is 10.0 Å². The van der Waals surface area contributed by atoms with Gasteiger partial charge in [0.1, 0.15) is 0 Å². The minimum atomic E-state index is -3.72. The molecule has 118 valence electrons. The molecule has 0 atom stereocenters. The highest BCUT2D eigenvalue weighted by Crippen LogP contribution is 2.23. The van der Waals surface area contributed by atoms with Gasteiger partial charge in [-0.15, -0.1) is 0 Å². The number of hydrogen-bond acceptors (Lipinski definition) is 5. The lowest BCUT2D eigenvalue weighted by Gasteiger charge is -2.09. The van der Waals surface area contributed by atoms with Gasteiger partial charge in [0.2, 0.25) is 15.9 Å². The highest BCUT2D eigenvalue weighted by molar-refractivity contribution is 9.10. The lowest BCUT2D eigenvalue weighted by atomic mass is 10.3. The molecule has 1 aromatic carbocycles. The van der Waals surface area contributed by atoms with Crippen molar-refractivity contribution in [2.75, 3.05) is 32.5 Å². The van der Waals surface area contributed by atoms with Crippen molar-refractivity contribution >= 4 is 37.5 Å². The molecule has 0 aromatic heterocycles. The van der Waals surface area contributed by atoms with Gasteiger partial charge in [0.05, 0.1) is 11.5 Å². The van der Waals surface area contributed by atoms with Gasteiger partial charge in [-0.1, -0.05) is 0 Å². The van der Waals surface area contributed by atoms with Crippen LogP contribution in [-0.4, -0.2) is 41.1 Å². The van der Waals surface area contributed by atoms with E-state index in [0.29, 0.717) is 23.3 Å². The number of hydrogen-bond donors (Lipinski definition) is 3. The first-order chi connectivity index (χ1) is 9.86. The maximum Gasteiger partial charge on any atom is 0.241 e. The summed E-state index contributed by atoms with van der Waals surface area (Å²) in [7, 11) is -2.18. The zero-order chi connectivity index (χ0) is 15.9. The van der Waals surface area contributed by atoms with Gasteiger partial charge >= 0.3 is 0 Å². The van der Waals surface area contributed by atoms with E-state index in [9.17, 15) is 13.2 Å². The number of anilines is 1. The molecule has 0 saturated carbocycles. The van der Waals surface area contributed by atoms with E-state index in [2.05, 4.69) is 26.0 Å². The maximum atomic E-state index is 12.1. The lowest BCUT2D eigenvalue weighted by Crippen LogP contribution is -2.32. The second-order valence-electron chi connectivity index (χ2n) is 4.18. The fourth-order valence-electron chi connectivity index (χ4n) is 1.48. The van der Waals surface area contributed by atoms with Gasteiger partial charge in [0, 0.05) is 36.8 Å². The summed E-state index contributed by atoms with van der Waals surface area (Å²) in [4.78, 5) is 11.5. The number of sulfonamides is 1. The standard InChI is InChI=1S/C12H18BrN3O4S/c1-20-7-6-15-12(17)4-5-16-21(18,19)11-8-9(14)2-3-10(11)13/h2-3,8,16H,4-7,14H2,1H3,(H,15,17). The van der Waals surface area contributed by atoms with Crippen LogP contribution in [0.25, 0.3) is 0 Å². The average molecular weight is 380 g/mol. The average Bonchev–Trinajstić information content (AvgIpc) is 2.41. The summed E-state index contributed by atoms with van der Waals surface area (Å²) in [6.07, 6.45) is 0.0445. The van der Waals surface area contributed by atoms with Gasteiger partial charge in [0.25, 0.3) is 0 Å². The SMILES string of the molecule is COCCNC(=O)CCNS(=O)(=O)c1cc(N)ccc1Br. The summed E-state index contributed by atoms with van der Waals surface area (Å²) < 4.78 is 31.8. The number of nitrogens with one attached hydrogen (secondary N) is 2. The van der Waals surface area contributed by atoms with Crippen LogP contribution in [0.3, 0.4) is 0 Å². The largest absolute Gasteiger partial charge is 0.399 e. The van der Waals surface area contributed by atoms with Gasteiger partial charge in [-0.2, -0.15) is 0 Å². The lowest BCUT2D eigenvalue weighted by molar-refractivity contribution is -0.121. The van der Waals surface area contributed by atoms with Crippen LogP contribution in [-0.2, 0) is 19.6 Å². The molecule has 0 aliphatic carbocycles. The van der Waals surface area contributed by atoms with Crippen molar-refractivity contribution in [2.45, 2.75) is 11.3 Å². The Labute approximate surface area is 132 Å². The Hall–Kier alpha value is -1.16. The van der Waals surface area contributed by atoms with Crippen molar-refractivity contribution in [3.63, 3.8) is 0 Å². The van der Waals surface area contributed by atoms with E-state index >= 15 is 0 Å². The molecular weight excluding hydrogens is 362 g/mol. The van der Waals surface area contributed by atoms with Crippen molar-refractivity contribution in [3.05, 3.63) is 22.7 Å². The first-order valence-electron chi connectivity index (χ1n) is 6.17. The number of methoxy groups -OCH3 is 1. The zero-order valence-corrected chi connectivity index (χ0v) is 14.0. The monoisotopic (exact) mass is 379 g/mol. The van der Waals surface area contributed by atoms with E-state index in [1.807, 2.05) is 0 Å². The molecule has 0 fully saturated rings. The minimum absolute atomic E-state index is 0.00237. The van der Waals surface area contributed by atoms with Crippen LogP contribution >= 0.6 is 15.9 Å². The third kappa shape index (κ3) is 6.00. The molecule has 1 rings (SSSR count). The van der Waals surface area contributed by atoms with Crippen LogP contribution in [0.4, 0.5) is 5.69 Å². The summed E-state index contributed by atoms with van der Waals surface area (Å²) >= 11 is 3.16. The Kier molecular flexibility index (Phi) is 7.09. The van der Waals surface area contributed by atoms with Crippen LogP contribution in [0.1, 0.15) is 6.42 Å². The number of nitrogens with two attached hydrogens (primary N) is 1. The highest BCUT2D eigenvalue weighted by Gasteiger charge is 2.17. The van der Waals surface area contributed by atoms with Crippen LogP contribution < -0.4 is 15.8 Å². The predicted molar refractivity (Wildman–Crippen MR) is 83.2 cm³/mol. The third-order valence-corrected chi connectivity index (χ3v) is 4.97. The van der Waals surface area contributed by atoms with Crippen LogP contribution in [0.2, 0.25) is 0 Å². The summed E-state index contributed by atoms with van der Waals surface area (Å²) in [5.41, 5.74) is 5.92.